The highest BCUT2D eigenvalue weighted by Crippen LogP contribution is 2.24. The number of carboxylic acid groups (broad SMARTS) is 1. The summed E-state index contributed by atoms with van der Waals surface area (Å²) in [6.45, 7) is 11.5. The minimum Gasteiger partial charge on any atom is -0.481 e. The van der Waals surface area contributed by atoms with Crippen LogP contribution in [-0.2, 0) is 9.53 Å². The molecular weight excluding hydrogens is 218 g/mol. The van der Waals surface area contributed by atoms with Crippen molar-refractivity contribution in [1.29, 1.82) is 0 Å². The van der Waals surface area contributed by atoms with E-state index in [0.717, 1.165) is 19.5 Å². The smallest absolute Gasteiger partial charge is 0.310 e. The fraction of sp³-hybridized carbons (Fsp3) is 0.923. The van der Waals surface area contributed by atoms with Crippen molar-refractivity contribution >= 4 is 5.97 Å². The predicted molar refractivity (Wildman–Crippen MR) is 69.3 cm³/mol. The Kier molecular flexibility index (Phi) is 8.17. The average Bonchev–Trinajstić information content (AvgIpc) is 2.28. The zero-order valence-corrected chi connectivity index (χ0v) is 11.7. The molecule has 102 valence electrons. The minimum absolute atomic E-state index is 0.597. The number of carbonyl (C=O) groups is 1. The van der Waals surface area contributed by atoms with E-state index in [1.165, 1.54) is 0 Å². The Morgan fingerprint density at radius 2 is 2.00 bits per heavy atom. The molecule has 0 fully saturated rings. The van der Waals surface area contributed by atoms with Gasteiger partial charge in [-0.1, -0.05) is 20.3 Å². The highest BCUT2D eigenvalue weighted by atomic mass is 16.5. The van der Waals surface area contributed by atoms with E-state index < -0.39 is 11.4 Å². The first-order chi connectivity index (χ1) is 8.00. The Hall–Kier alpha value is -0.610. The number of hydrogen-bond acceptors (Lipinski definition) is 3. The molecule has 0 aliphatic rings. The van der Waals surface area contributed by atoms with Crippen molar-refractivity contribution in [2.75, 3.05) is 32.8 Å². The molecule has 17 heavy (non-hydrogen) atoms. The van der Waals surface area contributed by atoms with Crippen molar-refractivity contribution in [2.24, 2.45) is 5.41 Å². The molecule has 0 aliphatic heterocycles. The van der Waals surface area contributed by atoms with Gasteiger partial charge in [-0.3, -0.25) is 4.79 Å². The lowest BCUT2D eigenvalue weighted by Crippen LogP contribution is -2.42. The Labute approximate surface area is 105 Å². The van der Waals surface area contributed by atoms with Gasteiger partial charge < -0.3 is 14.7 Å². The fourth-order valence-corrected chi connectivity index (χ4v) is 1.99. The van der Waals surface area contributed by atoms with Crippen LogP contribution in [0.5, 0.6) is 0 Å². The molecule has 0 aliphatic carbocycles. The standard InChI is InChI=1S/C13H27NO3/c1-5-8-13(4,12(15)16)11-14(6-2)9-10-17-7-3/h5-11H2,1-4H3,(H,15,16). The van der Waals surface area contributed by atoms with Gasteiger partial charge in [0.25, 0.3) is 0 Å². The van der Waals surface area contributed by atoms with Gasteiger partial charge in [-0.25, -0.2) is 0 Å². The molecule has 0 aromatic rings. The van der Waals surface area contributed by atoms with E-state index in [9.17, 15) is 9.90 Å². The fourth-order valence-electron chi connectivity index (χ4n) is 1.99. The molecule has 0 saturated heterocycles. The monoisotopic (exact) mass is 245 g/mol. The van der Waals surface area contributed by atoms with Crippen LogP contribution in [0, 0.1) is 5.41 Å². The molecule has 0 bridgehead atoms. The van der Waals surface area contributed by atoms with Gasteiger partial charge in [-0.2, -0.15) is 0 Å². The molecule has 0 amide bonds. The van der Waals surface area contributed by atoms with E-state index in [1.54, 1.807) is 0 Å². The third-order valence-corrected chi connectivity index (χ3v) is 3.09. The van der Waals surface area contributed by atoms with Crippen molar-refractivity contribution < 1.29 is 14.6 Å². The molecule has 0 aromatic carbocycles. The molecule has 1 atom stereocenters. The molecular formula is C13H27NO3. The average molecular weight is 245 g/mol. The van der Waals surface area contributed by atoms with E-state index in [-0.39, 0.29) is 0 Å². The Morgan fingerprint density at radius 3 is 2.41 bits per heavy atom. The zero-order chi connectivity index (χ0) is 13.3. The maximum Gasteiger partial charge on any atom is 0.310 e. The van der Waals surface area contributed by atoms with Crippen LogP contribution in [0.1, 0.15) is 40.5 Å². The van der Waals surface area contributed by atoms with E-state index in [0.29, 0.717) is 26.2 Å². The molecule has 0 saturated carbocycles. The number of hydrogen-bond donors (Lipinski definition) is 1. The SMILES string of the molecule is CCCC(C)(CN(CC)CCOCC)C(=O)O. The predicted octanol–water partition coefficient (Wildman–Crippen LogP) is 2.24. The highest BCUT2D eigenvalue weighted by Gasteiger charge is 2.33. The van der Waals surface area contributed by atoms with Gasteiger partial charge >= 0.3 is 5.97 Å². The summed E-state index contributed by atoms with van der Waals surface area (Å²) in [5.41, 5.74) is -0.642. The van der Waals surface area contributed by atoms with Crippen LogP contribution < -0.4 is 0 Å². The van der Waals surface area contributed by atoms with Crippen LogP contribution in [0.25, 0.3) is 0 Å². The number of aliphatic carboxylic acids is 1. The lowest BCUT2D eigenvalue weighted by atomic mass is 9.85. The molecule has 4 heteroatoms. The maximum absolute atomic E-state index is 11.3. The van der Waals surface area contributed by atoms with Crippen molar-refractivity contribution in [3.63, 3.8) is 0 Å². The van der Waals surface area contributed by atoms with Gasteiger partial charge in [0.05, 0.1) is 12.0 Å². The van der Waals surface area contributed by atoms with Crippen molar-refractivity contribution in [2.45, 2.75) is 40.5 Å². The number of carboxylic acids is 1. The lowest BCUT2D eigenvalue weighted by Gasteiger charge is -2.31. The zero-order valence-electron chi connectivity index (χ0n) is 11.7. The van der Waals surface area contributed by atoms with Crippen LogP contribution in [-0.4, -0.2) is 48.8 Å². The van der Waals surface area contributed by atoms with Gasteiger partial charge in [0.1, 0.15) is 0 Å². The van der Waals surface area contributed by atoms with E-state index in [4.69, 9.17) is 4.74 Å². The van der Waals surface area contributed by atoms with E-state index >= 15 is 0 Å². The van der Waals surface area contributed by atoms with Gasteiger partial charge in [0.15, 0.2) is 0 Å². The normalized spacial score (nSPS) is 14.9. The third-order valence-electron chi connectivity index (χ3n) is 3.09. The molecule has 0 aromatic heterocycles. The second-order valence-corrected chi connectivity index (χ2v) is 4.68. The number of likely N-dealkylation sites (N-methyl/N-ethyl adjacent to an activating group) is 1. The van der Waals surface area contributed by atoms with Crippen LogP contribution >= 0.6 is 0 Å². The Balaban J connectivity index is 4.33. The second-order valence-electron chi connectivity index (χ2n) is 4.68. The topological polar surface area (TPSA) is 49.8 Å². The minimum atomic E-state index is -0.700. The molecule has 0 heterocycles. The lowest BCUT2D eigenvalue weighted by molar-refractivity contribution is -0.149. The molecule has 0 radical (unpaired) electrons. The van der Waals surface area contributed by atoms with Crippen LogP contribution in [0.3, 0.4) is 0 Å². The van der Waals surface area contributed by atoms with Crippen LogP contribution in [0.15, 0.2) is 0 Å². The van der Waals surface area contributed by atoms with E-state index in [2.05, 4.69) is 11.8 Å². The maximum atomic E-state index is 11.3. The first-order valence-corrected chi connectivity index (χ1v) is 6.53. The van der Waals surface area contributed by atoms with Crippen molar-refractivity contribution in [3.05, 3.63) is 0 Å². The van der Waals surface area contributed by atoms with Gasteiger partial charge in [0.2, 0.25) is 0 Å². The van der Waals surface area contributed by atoms with Crippen LogP contribution in [0.4, 0.5) is 0 Å². The molecule has 1 unspecified atom stereocenters. The first-order valence-electron chi connectivity index (χ1n) is 6.53. The van der Waals surface area contributed by atoms with Crippen molar-refractivity contribution in [3.8, 4) is 0 Å². The molecule has 4 nitrogen and oxygen atoms in total. The summed E-state index contributed by atoms with van der Waals surface area (Å²) in [6.07, 6.45) is 1.61. The van der Waals surface area contributed by atoms with Gasteiger partial charge in [-0.15, -0.1) is 0 Å². The molecule has 0 rings (SSSR count). The van der Waals surface area contributed by atoms with Crippen molar-refractivity contribution in [1.82, 2.24) is 4.90 Å². The summed E-state index contributed by atoms with van der Waals surface area (Å²) in [6, 6.07) is 0. The summed E-state index contributed by atoms with van der Waals surface area (Å²) >= 11 is 0. The third kappa shape index (κ3) is 6.03. The second kappa shape index (κ2) is 8.48. The number of nitrogens with zero attached hydrogens (tertiary/aromatic N) is 1. The molecule has 1 N–H and O–H groups in total. The Bertz CT molecular complexity index is 221. The van der Waals surface area contributed by atoms with E-state index in [1.807, 2.05) is 20.8 Å². The summed E-state index contributed by atoms with van der Waals surface area (Å²) in [7, 11) is 0. The summed E-state index contributed by atoms with van der Waals surface area (Å²) in [4.78, 5) is 13.5. The highest BCUT2D eigenvalue weighted by molar-refractivity contribution is 5.74. The molecule has 0 spiro atoms. The number of ether oxygens (including phenoxy) is 1. The summed E-state index contributed by atoms with van der Waals surface area (Å²) < 4.78 is 5.31. The summed E-state index contributed by atoms with van der Waals surface area (Å²) in [5.74, 6) is -0.700. The van der Waals surface area contributed by atoms with Gasteiger partial charge in [-0.05, 0) is 26.8 Å². The number of rotatable bonds is 10. The first kappa shape index (κ1) is 16.4. The summed E-state index contributed by atoms with van der Waals surface area (Å²) in [5, 5.41) is 9.32. The quantitative estimate of drug-likeness (QED) is 0.600. The Morgan fingerprint density at radius 1 is 1.35 bits per heavy atom. The van der Waals surface area contributed by atoms with Crippen LogP contribution in [0.2, 0.25) is 0 Å². The largest absolute Gasteiger partial charge is 0.481 e. The van der Waals surface area contributed by atoms with Gasteiger partial charge in [0, 0.05) is 19.7 Å².